The van der Waals surface area contributed by atoms with Gasteiger partial charge in [0.05, 0.1) is 23.0 Å². The molecule has 9 nitrogen and oxygen atoms in total. The number of aromatic nitrogens is 3. The lowest BCUT2D eigenvalue weighted by Gasteiger charge is -2.50. The average molecular weight is 499 g/mol. The van der Waals surface area contributed by atoms with Crippen molar-refractivity contribution < 1.29 is 14.3 Å². The zero-order chi connectivity index (χ0) is 25.2. The number of hydrogen-bond donors (Lipinski definition) is 1. The van der Waals surface area contributed by atoms with E-state index in [0.717, 1.165) is 35.8 Å². The third-order valence-electron chi connectivity index (χ3n) is 8.19. The van der Waals surface area contributed by atoms with Crippen LogP contribution in [0.4, 0.5) is 5.82 Å². The van der Waals surface area contributed by atoms with Gasteiger partial charge in [0, 0.05) is 58.4 Å². The number of pyridine rings is 1. The number of carbonyl (C=O) groups is 2. The van der Waals surface area contributed by atoms with Gasteiger partial charge in [-0.05, 0) is 23.9 Å². The minimum absolute atomic E-state index is 0.1000. The molecular formula is C25H38N6O3Si. The highest BCUT2D eigenvalue weighted by molar-refractivity contribution is 6.76. The Kier molecular flexibility index (Phi) is 5.75. The number of likely N-dealkylation sites (tertiary alicyclic amines) is 1. The molecule has 1 saturated carbocycles. The van der Waals surface area contributed by atoms with Crippen molar-refractivity contribution >= 4 is 36.6 Å². The van der Waals surface area contributed by atoms with Gasteiger partial charge in [-0.1, -0.05) is 33.5 Å². The minimum atomic E-state index is -1.14. The first kappa shape index (κ1) is 24.2. The van der Waals surface area contributed by atoms with E-state index in [1.807, 2.05) is 21.8 Å². The van der Waals surface area contributed by atoms with Crippen molar-refractivity contribution in [3.05, 3.63) is 18.5 Å². The quantitative estimate of drug-likeness (QED) is 0.443. The van der Waals surface area contributed by atoms with Crippen LogP contribution in [0, 0.1) is 22.7 Å². The highest BCUT2D eigenvalue weighted by Crippen LogP contribution is 2.54. The summed E-state index contributed by atoms with van der Waals surface area (Å²) >= 11 is 0. The molecule has 4 heterocycles. The first-order valence-electron chi connectivity index (χ1n) is 12.6. The van der Waals surface area contributed by atoms with Crippen LogP contribution >= 0.6 is 0 Å². The Labute approximate surface area is 208 Å². The molecule has 0 bridgehead atoms. The second-order valence-electron chi connectivity index (χ2n) is 12.7. The van der Waals surface area contributed by atoms with Crippen LogP contribution in [0.5, 0.6) is 0 Å². The average Bonchev–Trinajstić information content (AvgIpc) is 3.10. The maximum absolute atomic E-state index is 12.9. The van der Waals surface area contributed by atoms with E-state index in [2.05, 4.69) is 48.5 Å². The van der Waals surface area contributed by atoms with E-state index < -0.39 is 8.07 Å². The number of anilines is 1. The van der Waals surface area contributed by atoms with Crippen molar-refractivity contribution in [3.63, 3.8) is 0 Å². The van der Waals surface area contributed by atoms with E-state index in [9.17, 15) is 9.59 Å². The lowest BCUT2D eigenvalue weighted by Crippen LogP contribution is -2.64. The molecule has 2 aliphatic heterocycles. The van der Waals surface area contributed by atoms with Crippen molar-refractivity contribution in [1.82, 2.24) is 19.7 Å². The molecule has 10 heteroatoms. The molecule has 190 valence electrons. The van der Waals surface area contributed by atoms with E-state index >= 15 is 0 Å². The van der Waals surface area contributed by atoms with Gasteiger partial charge < -0.3 is 20.3 Å². The summed E-state index contributed by atoms with van der Waals surface area (Å²) in [5.74, 6) is 0.532. The molecule has 3 fully saturated rings. The van der Waals surface area contributed by atoms with E-state index in [4.69, 9.17) is 10.5 Å². The van der Waals surface area contributed by atoms with Crippen molar-refractivity contribution in [2.45, 2.75) is 52.7 Å². The van der Waals surface area contributed by atoms with Crippen molar-refractivity contribution in [3.8, 4) is 0 Å². The normalized spacial score (nSPS) is 24.7. The summed E-state index contributed by atoms with van der Waals surface area (Å²) in [5, 5.41) is 5.49. The number of amides is 2. The molecule has 5 rings (SSSR count). The molecule has 0 aromatic carbocycles. The molecule has 2 aromatic rings. The second-order valence-corrected chi connectivity index (χ2v) is 18.3. The van der Waals surface area contributed by atoms with Crippen LogP contribution in [0.25, 0.3) is 10.9 Å². The maximum Gasteiger partial charge on any atom is 0.226 e. The molecule has 2 aromatic heterocycles. The number of hydrogen-bond acceptors (Lipinski definition) is 6. The number of nitrogens with two attached hydrogens (primary N) is 1. The fourth-order valence-corrected chi connectivity index (χ4v) is 6.45. The fraction of sp³-hybridized carbons (Fsp3) is 0.680. The molecular weight excluding hydrogens is 460 g/mol. The largest absolute Gasteiger partial charge is 0.369 e. The molecule has 2 N–H and O–H groups in total. The standard InChI is InChI=1S/C25H38N6O3Si/c1-24(2)10-18(24)23(33)30-14-25(15-30)13-29(12-19(25)21(26)32)22-17-11-28-31(20(17)6-7-27-22)16-34-8-9-35(3,4)5/h6-7,11,18-19H,8-10,12-16H2,1-5H3,(H2,26,32)/t18-,19?/m1/s1. The van der Waals surface area contributed by atoms with Crippen LogP contribution in [0.3, 0.4) is 0 Å². The smallest absolute Gasteiger partial charge is 0.226 e. The number of rotatable bonds is 8. The summed E-state index contributed by atoms with van der Waals surface area (Å²) in [6.07, 6.45) is 4.56. The summed E-state index contributed by atoms with van der Waals surface area (Å²) < 4.78 is 7.78. The fourth-order valence-electron chi connectivity index (χ4n) is 5.70. The molecule has 35 heavy (non-hydrogen) atoms. The van der Waals surface area contributed by atoms with Gasteiger partial charge >= 0.3 is 0 Å². The van der Waals surface area contributed by atoms with Gasteiger partial charge in [0.25, 0.3) is 0 Å². The SMILES string of the molecule is CC1(C)C[C@@H]1C(=O)N1CC2(C1)CN(c1nccc3c1cnn3COCC[Si](C)(C)C)CC2C(N)=O. The van der Waals surface area contributed by atoms with Crippen LogP contribution in [-0.4, -0.2) is 72.3 Å². The molecule has 1 spiro atoms. The second kappa shape index (κ2) is 8.30. The highest BCUT2D eigenvalue weighted by atomic mass is 28.3. The van der Waals surface area contributed by atoms with Crippen LogP contribution in [-0.2, 0) is 21.1 Å². The number of fused-ring (bicyclic) bond motifs is 1. The first-order valence-corrected chi connectivity index (χ1v) is 16.3. The number of carbonyl (C=O) groups excluding carboxylic acids is 2. The van der Waals surface area contributed by atoms with E-state index in [-0.39, 0.29) is 34.5 Å². The monoisotopic (exact) mass is 498 g/mol. The Balaban J connectivity index is 1.30. The molecule has 2 saturated heterocycles. The van der Waals surface area contributed by atoms with Gasteiger partial charge in [0.2, 0.25) is 11.8 Å². The lowest BCUT2D eigenvalue weighted by molar-refractivity contribution is -0.150. The van der Waals surface area contributed by atoms with E-state index in [1.54, 1.807) is 6.20 Å². The van der Waals surface area contributed by atoms with Crippen LogP contribution in [0.15, 0.2) is 18.5 Å². The number of nitrogens with zero attached hydrogens (tertiary/aromatic N) is 5. The van der Waals surface area contributed by atoms with Crippen LogP contribution in [0.1, 0.15) is 20.3 Å². The summed E-state index contributed by atoms with van der Waals surface area (Å²) in [6.45, 7) is 14.8. The Morgan fingerprint density at radius 1 is 1.20 bits per heavy atom. The summed E-state index contributed by atoms with van der Waals surface area (Å²) in [6, 6.07) is 3.06. The van der Waals surface area contributed by atoms with Crippen LogP contribution < -0.4 is 10.6 Å². The van der Waals surface area contributed by atoms with Gasteiger partial charge in [-0.3, -0.25) is 9.59 Å². The van der Waals surface area contributed by atoms with Crippen molar-refractivity contribution in [1.29, 1.82) is 0 Å². The van der Waals surface area contributed by atoms with E-state index in [0.29, 0.717) is 32.9 Å². The predicted octanol–water partition coefficient (Wildman–Crippen LogP) is 2.54. The zero-order valence-corrected chi connectivity index (χ0v) is 22.6. The summed E-state index contributed by atoms with van der Waals surface area (Å²) in [4.78, 5) is 34.0. The third-order valence-corrected chi connectivity index (χ3v) is 9.89. The zero-order valence-electron chi connectivity index (χ0n) is 21.6. The van der Waals surface area contributed by atoms with Gasteiger partial charge in [-0.25, -0.2) is 9.67 Å². The third kappa shape index (κ3) is 4.46. The number of ether oxygens (including phenoxy) is 1. The van der Waals surface area contributed by atoms with Crippen LogP contribution in [0.2, 0.25) is 25.7 Å². The molecule has 2 atom stereocenters. The Morgan fingerprint density at radius 3 is 2.54 bits per heavy atom. The van der Waals surface area contributed by atoms with Gasteiger partial charge in [-0.2, -0.15) is 5.10 Å². The van der Waals surface area contributed by atoms with Crippen molar-refractivity contribution in [2.75, 3.05) is 37.7 Å². The molecule has 1 aliphatic carbocycles. The maximum atomic E-state index is 12.9. The van der Waals surface area contributed by atoms with E-state index in [1.165, 1.54) is 0 Å². The number of primary amides is 1. The van der Waals surface area contributed by atoms with Gasteiger partial charge in [0.1, 0.15) is 12.5 Å². The van der Waals surface area contributed by atoms with Gasteiger partial charge in [0.15, 0.2) is 0 Å². The molecule has 0 radical (unpaired) electrons. The topological polar surface area (TPSA) is 107 Å². The highest BCUT2D eigenvalue weighted by Gasteiger charge is 2.61. The first-order chi connectivity index (χ1) is 16.4. The van der Waals surface area contributed by atoms with Gasteiger partial charge in [-0.15, -0.1) is 0 Å². The Hall–Kier alpha value is -2.46. The molecule has 1 unspecified atom stereocenters. The predicted molar refractivity (Wildman–Crippen MR) is 137 cm³/mol. The minimum Gasteiger partial charge on any atom is -0.369 e. The summed E-state index contributed by atoms with van der Waals surface area (Å²) in [7, 11) is -1.14. The molecule has 2 amide bonds. The Bertz CT molecular complexity index is 1150. The van der Waals surface area contributed by atoms with Crippen molar-refractivity contribution in [2.24, 2.45) is 28.4 Å². The lowest BCUT2D eigenvalue weighted by atomic mass is 9.71. The Morgan fingerprint density at radius 2 is 1.91 bits per heavy atom. The summed E-state index contributed by atoms with van der Waals surface area (Å²) in [5.41, 5.74) is 6.61. The molecule has 3 aliphatic rings.